The monoisotopic (exact) mass is 158 g/mol. The fourth-order valence-electron chi connectivity index (χ4n) is 1.46. The summed E-state index contributed by atoms with van der Waals surface area (Å²) in [6.07, 6.45) is 4.13. The zero-order valence-corrected chi connectivity index (χ0v) is 7.31. The van der Waals surface area contributed by atoms with Gasteiger partial charge >= 0.3 is 0 Å². The van der Waals surface area contributed by atoms with Crippen LogP contribution in [-0.2, 0) is 4.84 Å². The van der Waals surface area contributed by atoms with Gasteiger partial charge in [0.25, 0.3) is 0 Å². The Kier molecular flexibility index (Phi) is 4.50. The summed E-state index contributed by atoms with van der Waals surface area (Å²) in [4.78, 5) is 7.50. The number of piperidine rings is 1. The lowest BCUT2D eigenvalue weighted by Gasteiger charge is -2.25. The summed E-state index contributed by atoms with van der Waals surface area (Å²) in [6.45, 7) is 4.39. The summed E-state index contributed by atoms with van der Waals surface area (Å²) in [5.41, 5.74) is 2.68. The number of hydrogen-bond acceptors (Lipinski definition) is 3. The molecule has 0 aromatic carbocycles. The lowest BCUT2D eigenvalue weighted by molar-refractivity contribution is 0.0373. The molecule has 66 valence electrons. The molecule has 0 spiro atoms. The van der Waals surface area contributed by atoms with E-state index in [9.17, 15) is 0 Å². The van der Waals surface area contributed by atoms with Gasteiger partial charge in [0.1, 0.15) is 0 Å². The van der Waals surface area contributed by atoms with Crippen LogP contribution in [0.4, 0.5) is 0 Å². The zero-order valence-electron chi connectivity index (χ0n) is 7.31. The first-order valence-corrected chi connectivity index (χ1v) is 4.44. The van der Waals surface area contributed by atoms with Crippen molar-refractivity contribution in [2.24, 2.45) is 0 Å². The van der Waals surface area contributed by atoms with Crippen LogP contribution in [0.5, 0.6) is 0 Å². The summed E-state index contributed by atoms with van der Waals surface area (Å²) in [7, 11) is 1.80. The molecule has 1 aliphatic rings. The Morgan fingerprint density at radius 3 is 2.64 bits per heavy atom. The number of nitrogens with one attached hydrogen (secondary N) is 1. The van der Waals surface area contributed by atoms with Crippen LogP contribution in [0.2, 0.25) is 0 Å². The van der Waals surface area contributed by atoms with Crippen LogP contribution in [0.3, 0.4) is 0 Å². The van der Waals surface area contributed by atoms with E-state index in [-0.39, 0.29) is 0 Å². The maximum Gasteiger partial charge on any atom is 0.0809 e. The second-order valence-corrected chi connectivity index (χ2v) is 2.95. The first-order chi connectivity index (χ1) is 5.43. The van der Waals surface area contributed by atoms with Crippen LogP contribution in [0, 0.1) is 0 Å². The van der Waals surface area contributed by atoms with Crippen molar-refractivity contribution in [2.45, 2.75) is 19.3 Å². The van der Waals surface area contributed by atoms with E-state index in [2.05, 4.69) is 10.4 Å². The second-order valence-electron chi connectivity index (χ2n) is 2.95. The van der Waals surface area contributed by atoms with Crippen LogP contribution >= 0.6 is 0 Å². The van der Waals surface area contributed by atoms with Gasteiger partial charge in [0, 0.05) is 13.6 Å². The Hall–Kier alpha value is -0.120. The summed E-state index contributed by atoms with van der Waals surface area (Å²) >= 11 is 0. The van der Waals surface area contributed by atoms with Crippen molar-refractivity contribution < 1.29 is 4.84 Å². The van der Waals surface area contributed by atoms with E-state index in [0.717, 1.165) is 13.2 Å². The van der Waals surface area contributed by atoms with Gasteiger partial charge in [-0.15, -0.1) is 0 Å². The average Bonchev–Trinajstić information content (AvgIpc) is 2.07. The SMILES string of the molecule is CNOCCN1CCCCC1. The molecule has 1 aliphatic heterocycles. The Morgan fingerprint density at radius 1 is 1.27 bits per heavy atom. The number of hydrogen-bond donors (Lipinski definition) is 1. The number of likely N-dealkylation sites (tertiary alicyclic amines) is 1. The fourth-order valence-corrected chi connectivity index (χ4v) is 1.46. The molecular formula is C8H18N2O. The first kappa shape index (κ1) is 8.97. The Morgan fingerprint density at radius 2 is 2.00 bits per heavy atom. The molecular weight excluding hydrogens is 140 g/mol. The van der Waals surface area contributed by atoms with Crippen molar-refractivity contribution in [3.05, 3.63) is 0 Å². The zero-order chi connectivity index (χ0) is 7.94. The summed E-state index contributed by atoms with van der Waals surface area (Å²) in [6, 6.07) is 0. The van der Waals surface area contributed by atoms with E-state index in [1.807, 2.05) is 0 Å². The van der Waals surface area contributed by atoms with E-state index in [1.165, 1.54) is 32.4 Å². The number of nitrogens with zero attached hydrogens (tertiary/aromatic N) is 1. The maximum atomic E-state index is 5.04. The van der Waals surface area contributed by atoms with E-state index in [0.29, 0.717) is 0 Å². The maximum absolute atomic E-state index is 5.04. The molecule has 1 rings (SSSR count). The van der Waals surface area contributed by atoms with Crippen LogP contribution in [0.15, 0.2) is 0 Å². The van der Waals surface area contributed by atoms with Crippen molar-refractivity contribution in [3.8, 4) is 0 Å². The molecule has 0 aromatic heterocycles. The highest BCUT2D eigenvalue weighted by Gasteiger charge is 2.08. The van der Waals surface area contributed by atoms with Crippen LogP contribution < -0.4 is 5.48 Å². The van der Waals surface area contributed by atoms with E-state index in [4.69, 9.17) is 4.84 Å². The van der Waals surface area contributed by atoms with Crippen molar-refractivity contribution in [3.63, 3.8) is 0 Å². The molecule has 1 fully saturated rings. The highest BCUT2D eigenvalue weighted by molar-refractivity contribution is 4.63. The van der Waals surface area contributed by atoms with Crippen molar-refractivity contribution in [1.29, 1.82) is 0 Å². The van der Waals surface area contributed by atoms with Gasteiger partial charge in [-0.05, 0) is 25.9 Å². The normalized spacial score (nSPS) is 20.5. The van der Waals surface area contributed by atoms with Gasteiger partial charge in [-0.3, -0.25) is 0 Å². The van der Waals surface area contributed by atoms with Crippen molar-refractivity contribution in [2.75, 3.05) is 33.3 Å². The molecule has 0 saturated carbocycles. The fraction of sp³-hybridized carbons (Fsp3) is 1.00. The molecule has 0 aromatic rings. The minimum atomic E-state index is 0.802. The molecule has 0 amide bonds. The van der Waals surface area contributed by atoms with Gasteiger partial charge in [-0.2, -0.15) is 0 Å². The second kappa shape index (κ2) is 5.52. The summed E-state index contributed by atoms with van der Waals surface area (Å²) in [5.74, 6) is 0. The Labute approximate surface area is 68.7 Å². The molecule has 0 bridgehead atoms. The predicted octanol–water partition coefficient (Wildman–Crippen LogP) is 0.623. The first-order valence-electron chi connectivity index (χ1n) is 4.44. The molecule has 1 heterocycles. The third kappa shape index (κ3) is 3.70. The van der Waals surface area contributed by atoms with E-state index >= 15 is 0 Å². The average molecular weight is 158 g/mol. The van der Waals surface area contributed by atoms with Gasteiger partial charge in [-0.25, -0.2) is 5.48 Å². The lowest BCUT2D eigenvalue weighted by atomic mass is 10.1. The molecule has 11 heavy (non-hydrogen) atoms. The molecule has 1 N–H and O–H groups in total. The van der Waals surface area contributed by atoms with E-state index < -0.39 is 0 Å². The molecule has 0 radical (unpaired) electrons. The molecule has 0 aliphatic carbocycles. The van der Waals surface area contributed by atoms with Crippen molar-refractivity contribution >= 4 is 0 Å². The van der Waals surface area contributed by atoms with Gasteiger partial charge in [0.2, 0.25) is 0 Å². The highest BCUT2D eigenvalue weighted by Crippen LogP contribution is 2.07. The topological polar surface area (TPSA) is 24.5 Å². The quantitative estimate of drug-likeness (QED) is 0.479. The number of hydroxylamine groups is 1. The minimum Gasteiger partial charge on any atom is -0.301 e. The highest BCUT2D eigenvalue weighted by atomic mass is 16.6. The number of rotatable bonds is 4. The lowest BCUT2D eigenvalue weighted by Crippen LogP contribution is -2.33. The van der Waals surface area contributed by atoms with Crippen LogP contribution in [-0.4, -0.2) is 38.2 Å². The minimum absolute atomic E-state index is 0.802. The summed E-state index contributed by atoms with van der Waals surface area (Å²) in [5, 5.41) is 0. The molecule has 3 nitrogen and oxygen atoms in total. The Bertz CT molecular complexity index is 92.1. The molecule has 0 unspecified atom stereocenters. The summed E-state index contributed by atoms with van der Waals surface area (Å²) < 4.78 is 0. The van der Waals surface area contributed by atoms with Crippen LogP contribution in [0.1, 0.15) is 19.3 Å². The molecule has 3 heteroatoms. The Balaban J connectivity index is 1.96. The smallest absolute Gasteiger partial charge is 0.0809 e. The standard InChI is InChI=1S/C8H18N2O/c1-9-11-8-7-10-5-3-2-4-6-10/h9H,2-8H2,1H3. The molecule has 1 saturated heterocycles. The van der Waals surface area contributed by atoms with Gasteiger partial charge in [0.05, 0.1) is 6.61 Å². The third-order valence-corrected chi connectivity index (χ3v) is 2.10. The van der Waals surface area contributed by atoms with Crippen molar-refractivity contribution in [1.82, 2.24) is 10.4 Å². The largest absolute Gasteiger partial charge is 0.301 e. The van der Waals surface area contributed by atoms with E-state index in [1.54, 1.807) is 7.05 Å². The van der Waals surface area contributed by atoms with Gasteiger partial charge in [-0.1, -0.05) is 6.42 Å². The third-order valence-electron chi connectivity index (χ3n) is 2.10. The predicted molar refractivity (Wildman–Crippen MR) is 45.3 cm³/mol. The van der Waals surface area contributed by atoms with Gasteiger partial charge in [0.15, 0.2) is 0 Å². The van der Waals surface area contributed by atoms with Crippen LogP contribution in [0.25, 0.3) is 0 Å². The van der Waals surface area contributed by atoms with Gasteiger partial charge < -0.3 is 9.74 Å². The molecule has 0 atom stereocenters.